The Morgan fingerprint density at radius 2 is 1.80 bits per heavy atom. The number of carbonyl (C=O) groups excluding carboxylic acids is 1. The van der Waals surface area contributed by atoms with Crippen molar-refractivity contribution in [1.82, 2.24) is 14.6 Å². The van der Waals surface area contributed by atoms with E-state index in [0.717, 1.165) is 5.56 Å². The van der Waals surface area contributed by atoms with Crippen LogP contribution >= 0.6 is 8.53 Å². The summed E-state index contributed by atoms with van der Waals surface area (Å²) in [6.45, 7) is 0.284. The molecule has 10 nitrogen and oxygen atoms in total. The van der Waals surface area contributed by atoms with Crippen LogP contribution in [0.1, 0.15) is 24.6 Å². The highest BCUT2D eigenvalue weighted by molar-refractivity contribution is 7.45. The summed E-state index contributed by atoms with van der Waals surface area (Å²) in [5.74, 6) is 0.157. The number of ether oxygens (including phenoxy) is 2. The maximum Gasteiger partial charge on any atom is 0.330 e. The van der Waals surface area contributed by atoms with Crippen LogP contribution < -0.4 is 20.9 Å². The molecule has 1 aromatic heterocycles. The molecule has 2 unspecified atom stereocenters. The first kappa shape index (κ1) is 24.8. The topological polar surface area (TPSA) is 121 Å². The number of benzene rings is 2. The Labute approximate surface area is 202 Å². The molecule has 2 aromatic carbocycles. The molecular weight excluding hydrogens is 473 g/mol. The van der Waals surface area contributed by atoms with E-state index in [4.69, 9.17) is 18.5 Å². The Morgan fingerprint density at radius 1 is 1.06 bits per heavy atom. The molecule has 0 radical (unpaired) electrons. The lowest BCUT2D eigenvalue weighted by molar-refractivity contribution is -0.143. The molecule has 35 heavy (non-hydrogen) atoms. The number of esters is 1. The van der Waals surface area contributed by atoms with Gasteiger partial charge in [0, 0.05) is 12.3 Å². The van der Waals surface area contributed by atoms with Gasteiger partial charge in [0.25, 0.3) is 5.56 Å². The van der Waals surface area contributed by atoms with Crippen molar-refractivity contribution in [2.45, 2.75) is 31.8 Å². The number of nitrogens with zero attached hydrogens (tertiary/aromatic N) is 1. The van der Waals surface area contributed by atoms with Gasteiger partial charge in [0.05, 0.1) is 12.7 Å². The number of carbonyl (C=O) groups is 1. The molecule has 3 aromatic rings. The Hall–Kier alpha value is -3.30. The average molecular weight is 499 g/mol. The smallest absolute Gasteiger partial charge is 0.330 e. The van der Waals surface area contributed by atoms with Crippen LogP contribution in [-0.4, -0.2) is 34.8 Å². The number of rotatable bonds is 11. The maximum absolute atomic E-state index is 12.2. The van der Waals surface area contributed by atoms with Crippen molar-refractivity contribution in [3.63, 3.8) is 0 Å². The largest absolute Gasteiger partial charge is 0.460 e. The average Bonchev–Trinajstić information content (AvgIpc) is 3.34. The third kappa shape index (κ3) is 7.60. The molecule has 2 heterocycles. The number of hydrogen-bond acceptors (Lipinski definition) is 8. The minimum Gasteiger partial charge on any atom is -0.460 e. The first-order valence-corrected chi connectivity index (χ1v) is 12.3. The number of para-hydroxylation sites is 1. The fraction of sp³-hybridized carbons (Fsp3) is 0.292. The van der Waals surface area contributed by atoms with Crippen LogP contribution in [0.25, 0.3) is 0 Å². The van der Waals surface area contributed by atoms with E-state index < -0.39 is 32.0 Å². The molecule has 11 heteroatoms. The van der Waals surface area contributed by atoms with Crippen LogP contribution in [0.3, 0.4) is 0 Å². The van der Waals surface area contributed by atoms with Gasteiger partial charge in [0.1, 0.15) is 25.1 Å². The molecule has 0 amide bonds. The quantitative estimate of drug-likeness (QED) is 0.305. The summed E-state index contributed by atoms with van der Waals surface area (Å²) in [6.07, 6.45) is 1.90. The van der Waals surface area contributed by atoms with E-state index in [1.165, 1.54) is 16.8 Å². The SMILES string of the molecule is O=C(CN[P@](OCC1CCC(n2ccc(=O)[nH]c2=O)O1)Oc1ccccc1)OCc1ccccc1. The highest BCUT2D eigenvalue weighted by atomic mass is 31.2. The molecule has 1 aliphatic heterocycles. The monoisotopic (exact) mass is 499 g/mol. The Morgan fingerprint density at radius 3 is 2.54 bits per heavy atom. The summed E-state index contributed by atoms with van der Waals surface area (Å²) in [6, 6.07) is 19.8. The molecule has 0 aliphatic carbocycles. The molecule has 0 spiro atoms. The van der Waals surface area contributed by atoms with E-state index in [0.29, 0.717) is 18.6 Å². The molecular formula is C24H26N3O7P. The molecule has 1 aliphatic rings. The predicted octanol–water partition coefficient (Wildman–Crippen LogP) is 2.87. The summed E-state index contributed by atoms with van der Waals surface area (Å²) in [5, 5.41) is 2.98. The molecule has 4 rings (SSSR count). The van der Waals surface area contributed by atoms with E-state index in [2.05, 4.69) is 10.1 Å². The fourth-order valence-corrected chi connectivity index (χ4v) is 4.50. The summed E-state index contributed by atoms with van der Waals surface area (Å²) in [5.41, 5.74) is -0.0787. The van der Waals surface area contributed by atoms with Crippen LogP contribution in [0, 0.1) is 0 Å². The molecule has 0 saturated carbocycles. The van der Waals surface area contributed by atoms with Gasteiger partial charge in [-0.25, -0.2) is 9.88 Å². The van der Waals surface area contributed by atoms with Crippen LogP contribution in [0.2, 0.25) is 0 Å². The third-order valence-corrected chi connectivity index (χ3v) is 6.33. The van der Waals surface area contributed by atoms with E-state index in [1.807, 2.05) is 48.5 Å². The van der Waals surface area contributed by atoms with Crippen LogP contribution in [-0.2, 0) is 25.4 Å². The molecule has 1 saturated heterocycles. The second-order valence-corrected chi connectivity index (χ2v) is 9.02. The Balaban J connectivity index is 1.29. The Bertz CT molecular complexity index is 1200. The van der Waals surface area contributed by atoms with Gasteiger partial charge in [0.15, 0.2) is 0 Å². The van der Waals surface area contributed by atoms with E-state index in [9.17, 15) is 14.4 Å². The van der Waals surface area contributed by atoms with Crippen molar-refractivity contribution in [3.05, 3.63) is 99.3 Å². The minimum atomic E-state index is -1.68. The second-order valence-electron chi connectivity index (χ2n) is 7.75. The van der Waals surface area contributed by atoms with Gasteiger partial charge < -0.3 is 18.5 Å². The van der Waals surface area contributed by atoms with Crippen molar-refractivity contribution in [2.24, 2.45) is 0 Å². The zero-order chi connectivity index (χ0) is 24.5. The number of aromatic nitrogens is 2. The zero-order valence-corrected chi connectivity index (χ0v) is 19.8. The highest BCUT2D eigenvalue weighted by Crippen LogP contribution is 2.37. The van der Waals surface area contributed by atoms with Gasteiger partial charge in [-0.3, -0.25) is 19.1 Å². The van der Waals surface area contributed by atoms with Crippen molar-refractivity contribution < 1.29 is 23.3 Å². The van der Waals surface area contributed by atoms with Gasteiger partial charge in [-0.1, -0.05) is 48.5 Å². The van der Waals surface area contributed by atoms with Crippen molar-refractivity contribution in [2.75, 3.05) is 13.2 Å². The standard InChI is InChI=1S/C24H26N3O7P/c28-21-13-14-27(24(30)26-21)22-12-11-20(33-22)17-32-35(34-19-9-5-2-6-10-19)25-15-23(29)31-16-18-7-3-1-4-8-18/h1-10,13-14,20,22,25H,11-12,15-17H2,(H,26,28,30)/t20?,22?,35-/m1/s1. The number of hydrogen-bond donors (Lipinski definition) is 2. The first-order valence-electron chi connectivity index (χ1n) is 11.1. The summed E-state index contributed by atoms with van der Waals surface area (Å²) in [7, 11) is -1.68. The molecule has 1 fully saturated rings. The van der Waals surface area contributed by atoms with E-state index in [1.54, 1.807) is 12.1 Å². The van der Waals surface area contributed by atoms with Crippen LogP contribution in [0.5, 0.6) is 5.75 Å². The van der Waals surface area contributed by atoms with Gasteiger partial charge in [0.2, 0.25) is 0 Å². The van der Waals surface area contributed by atoms with Crippen LogP contribution in [0.15, 0.2) is 82.5 Å². The molecule has 0 bridgehead atoms. The van der Waals surface area contributed by atoms with Gasteiger partial charge in [-0.2, -0.15) is 0 Å². The zero-order valence-electron chi connectivity index (χ0n) is 18.9. The summed E-state index contributed by atoms with van der Waals surface area (Å²) < 4.78 is 24.4. The number of H-pyrrole nitrogens is 1. The molecule has 2 N–H and O–H groups in total. The lowest BCUT2D eigenvalue weighted by Crippen LogP contribution is -2.31. The van der Waals surface area contributed by atoms with Gasteiger partial charge in [-0.15, -0.1) is 0 Å². The van der Waals surface area contributed by atoms with Gasteiger partial charge in [-0.05, 0) is 30.5 Å². The third-order valence-electron chi connectivity index (χ3n) is 5.15. The number of nitrogens with one attached hydrogen (secondary N) is 2. The van der Waals surface area contributed by atoms with Gasteiger partial charge >= 0.3 is 20.2 Å². The fourth-order valence-electron chi connectivity index (χ4n) is 3.42. The second kappa shape index (κ2) is 12.4. The molecule has 184 valence electrons. The normalized spacial score (nSPS) is 18.2. The summed E-state index contributed by atoms with van der Waals surface area (Å²) in [4.78, 5) is 37.8. The summed E-state index contributed by atoms with van der Waals surface area (Å²) >= 11 is 0. The lowest BCUT2D eigenvalue weighted by atomic mass is 10.2. The van der Waals surface area contributed by atoms with E-state index in [-0.39, 0.29) is 25.9 Å². The van der Waals surface area contributed by atoms with Crippen molar-refractivity contribution in [3.8, 4) is 5.75 Å². The maximum atomic E-state index is 12.2. The minimum absolute atomic E-state index is 0.0910. The Kier molecular flexibility index (Phi) is 8.80. The lowest BCUT2D eigenvalue weighted by Gasteiger charge is -2.21. The van der Waals surface area contributed by atoms with Crippen molar-refractivity contribution >= 4 is 14.5 Å². The van der Waals surface area contributed by atoms with Crippen molar-refractivity contribution in [1.29, 1.82) is 0 Å². The van der Waals surface area contributed by atoms with E-state index >= 15 is 0 Å². The van der Waals surface area contributed by atoms with Crippen LogP contribution in [0.4, 0.5) is 0 Å². The molecule has 3 atom stereocenters. The predicted molar refractivity (Wildman–Crippen MR) is 129 cm³/mol. The highest BCUT2D eigenvalue weighted by Gasteiger charge is 2.29. The first-order chi connectivity index (χ1) is 17.1. The number of aromatic amines is 1.